The standard InChI is InChI=1S/C12H16N2O2/c1-7-6-12(11(5)16)9(3)14(7)13-8(2)10(4)15/h6H,1-5H3/b13-8+. The van der Waals surface area contributed by atoms with Crippen LogP contribution in [0.3, 0.4) is 0 Å². The summed E-state index contributed by atoms with van der Waals surface area (Å²) in [7, 11) is 0. The smallest absolute Gasteiger partial charge is 0.175 e. The minimum atomic E-state index is -0.0723. The largest absolute Gasteiger partial charge is 0.294 e. The molecule has 0 aliphatic heterocycles. The Balaban J connectivity index is 3.31. The summed E-state index contributed by atoms with van der Waals surface area (Å²) in [5.74, 6) is -0.0631. The highest BCUT2D eigenvalue weighted by atomic mass is 16.1. The van der Waals surface area contributed by atoms with Crippen LogP contribution in [0.25, 0.3) is 0 Å². The maximum Gasteiger partial charge on any atom is 0.175 e. The van der Waals surface area contributed by atoms with Gasteiger partial charge in [0.25, 0.3) is 0 Å². The van der Waals surface area contributed by atoms with Crippen LogP contribution in [0, 0.1) is 13.8 Å². The van der Waals surface area contributed by atoms with Crippen LogP contribution < -0.4 is 0 Å². The van der Waals surface area contributed by atoms with Gasteiger partial charge in [-0.2, -0.15) is 5.10 Å². The molecule has 1 heterocycles. The average Bonchev–Trinajstić information content (AvgIpc) is 2.45. The molecule has 0 amide bonds. The normalized spacial score (nSPS) is 11.7. The van der Waals surface area contributed by atoms with Gasteiger partial charge in [0.1, 0.15) is 5.71 Å². The van der Waals surface area contributed by atoms with Crippen molar-refractivity contribution in [2.45, 2.75) is 34.6 Å². The third-order valence-corrected chi connectivity index (χ3v) is 2.53. The van der Waals surface area contributed by atoms with Gasteiger partial charge in [0.2, 0.25) is 0 Å². The molecule has 0 fully saturated rings. The number of rotatable bonds is 3. The summed E-state index contributed by atoms with van der Waals surface area (Å²) in [6.07, 6.45) is 0. The second-order valence-electron chi connectivity index (χ2n) is 3.89. The highest BCUT2D eigenvalue weighted by Crippen LogP contribution is 2.15. The molecule has 4 nitrogen and oxygen atoms in total. The van der Waals surface area contributed by atoms with Gasteiger partial charge in [-0.05, 0) is 33.8 Å². The summed E-state index contributed by atoms with van der Waals surface area (Å²) in [6, 6.07) is 1.79. The molecular weight excluding hydrogens is 204 g/mol. The van der Waals surface area contributed by atoms with Gasteiger partial charge in [0, 0.05) is 23.9 Å². The van der Waals surface area contributed by atoms with E-state index < -0.39 is 0 Å². The number of ketones is 2. The summed E-state index contributed by atoms with van der Waals surface area (Å²) in [6.45, 7) is 8.33. The molecule has 0 saturated carbocycles. The Labute approximate surface area is 95.0 Å². The third kappa shape index (κ3) is 2.27. The molecule has 0 N–H and O–H groups in total. The van der Waals surface area contributed by atoms with E-state index in [-0.39, 0.29) is 11.6 Å². The summed E-state index contributed by atoms with van der Waals surface area (Å²) in [4.78, 5) is 22.4. The van der Waals surface area contributed by atoms with E-state index in [2.05, 4.69) is 5.10 Å². The average molecular weight is 220 g/mol. The van der Waals surface area contributed by atoms with Gasteiger partial charge < -0.3 is 0 Å². The lowest BCUT2D eigenvalue weighted by molar-refractivity contribution is -0.111. The predicted molar refractivity (Wildman–Crippen MR) is 63.1 cm³/mol. The van der Waals surface area contributed by atoms with E-state index in [1.165, 1.54) is 13.8 Å². The topological polar surface area (TPSA) is 51.4 Å². The molecule has 0 radical (unpaired) electrons. The van der Waals surface area contributed by atoms with Crippen LogP contribution in [0.5, 0.6) is 0 Å². The first kappa shape index (κ1) is 12.4. The van der Waals surface area contributed by atoms with Crippen LogP contribution in [-0.2, 0) is 4.79 Å². The lowest BCUT2D eigenvalue weighted by atomic mass is 10.2. The molecule has 0 aromatic carbocycles. The number of aromatic nitrogens is 1. The fraction of sp³-hybridized carbons (Fsp3) is 0.417. The lowest BCUT2D eigenvalue weighted by Crippen LogP contribution is -2.09. The molecule has 86 valence electrons. The van der Waals surface area contributed by atoms with E-state index in [4.69, 9.17) is 0 Å². The Morgan fingerprint density at radius 2 is 1.75 bits per heavy atom. The van der Waals surface area contributed by atoms with Crippen molar-refractivity contribution in [3.8, 4) is 0 Å². The van der Waals surface area contributed by atoms with Crippen LogP contribution in [0.1, 0.15) is 42.5 Å². The molecule has 0 aliphatic carbocycles. The molecule has 0 unspecified atom stereocenters. The van der Waals surface area contributed by atoms with Crippen LogP contribution in [0.15, 0.2) is 11.2 Å². The van der Waals surface area contributed by atoms with Gasteiger partial charge in [-0.3, -0.25) is 9.59 Å². The Morgan fingerprint density at radius 1 is 1.19 bits per heavy atom. The molecule has 1 aromatic heterocycles. The zero-order valence-electron chi connectivity index (χ0n) is 10.3. The van der Waals surface area contributed by atoms with E-state index in [1.807, 2.05) is 13.8 Å². The maximum absolute atomic E-state index is 11.3. The molecule has 16 heavy (non-hydrogen) atoms. The van der Waals surface area contributed by atoms with Crippen molar-refractivity contribution >= 4 is 17.3 Å². The predicted octanol–water partition coefficient (Wildman–Crippen LogP) is 2.12. The van der Waals surface area contributed by atoms with Gasteiger partial charge in [0.15, 0.2) is 11.6 Å². The number of carbonyl (C=O) groups is 2. The fourth-order valence-electron chi connectivity index (χ4n) is 1.48. The van der Waals surface area contributed by atoms with Gasteiger partial charge in [-0.15, -0.1) is 0 Å². The number of Topliss-reactive ketones (excluding diaryl/α,β-unsaturated/α-hetero) is 2. The number of aryl methyl sites for hydroxylation is 1. The second-order valence-corrected chi connectivity index (χ2v) is 3.89. The Hall–Kier alpha value is -1.71. The van der Waals surface area contributed by atoms with Crippen LogP contribution in [0.4, 0.5) is 0 Å². The minimum Gasteiger partial charge on any atom is -0.294 e. The van der Waals surface area contributed by atoms with Gasteiger partial charge in [-0.25, -0.2) is 4.68 Å². The van der Waals surface area contributed by atoms with Gasteiger partial charge in [0.05, 0.1) is 0 Å². The van der Waals surface area contributed by atoms with E-state index in [9.17, 15) is 9.59 Å². The lowest BCUT2D eigenvalue weighted by Gasteiger charge is -2.03. The molecule has 0 atom stereocenters. The molecule has 1 aromatic rings. The summed E-state index contributed by atoms with van der Waals surface area (Å²) in [5, 5.41) is 4.19. The number of nitrogens with zero attached hydrogens (tertiary/aromatic N) is 2. The van der Waals surface area contributed by atoms with Crippen LogP contribution in [0.2, 0.25) is 0 Å². The number of hydrogen-bond donors (Lipinski definition) is 0. The minimum absolute atomic E-state index is 0.00929. The zero-order valence-corrected chi connectivity index (χ0v) is 10.3. The highest BCUT2D eigenvalue weighted by Gasteiger charge is 2.12. The van der Waals surface area contributed by atoms with E-state index in [1.54, 1.807) is 17.7 Å². The quantitative estimate of drug-likeness (QED) is 0.578. The molecule has 0 spiro atoms. The van der Waals surface area contributed by atoms with Crippen molar-refractivity contribution in [3.63, 3.8) is 0 Å². The van der Waals surface area contributed by atoms with Crippen LogP contribution in [-0.4, -0.2) is 22.0 Å². The Morgan fingerprint density at radius 3 is 2.12 bits per heavy atom. The molecule has 0 bridgehead atoms. The second kappa shape index (κ2) is 4.43. The van der Waals surface area contributed by atoms with Gasteiger partial charge >= 0.3 is 0 Å². The number of carbonyl (C=O) groups excluding carboxylic acids is 2. The first-order valence-electron chi connectivity index (χ1n) is 5.11. The van der Waals surface area contributed by atoms with Crippen molar-refractivity contribution in [1.29, 1.82) is 0 Å². The zero-order chi connectivity index (χ0) is 12.5. The Bertz CT molecular complexity index is 481. The molecule has 1 rings (SSSR count). The fourth-order valence-corrected chi connectivity index (χ4v) is 1.48. The molecule has 0 aliphatic rings. The molecular formula is C12H16N2O2. The van der Waals surface area contributed by atoms with Crippen molar-refractivity contribution in [1.82, 2.24) is 4.68 Å². The molecule has 0 saturated heterocycles. The SMILES string of the molecule is CC(=O)/C(C)=N/n1c(C)cc(C(C)=O)c1C. The first-order chi connectivity index (χ1) is 7.34. The van der Waals surface area contributed by atoms with E-state index in [0.29, 0.717) is 11.3 Å². The first-order valence-corrected chi connectivity index (χ1v) is 5.11. The molecule has 4 heteroatoms. The Kier molecular flexibility index (Phi) is 3.42. The van der Waals surface area contributed by atoms with E-state index in [0.717, 1.165) is 11.4 Å². The maximum atomic E-state index is 11.3. The van der Waals surface area contributed by atoms with Crippen molar-refractivity contribution in [2.24, 2.45) is 5.10 Å². The summed E-state index contributed by atoms with van der Waals surface area (Å²) >= 11 is 0. The van der Waals surface area contributed by atoms with Crippen LogP contribution >= 0.6 is 0 Å². The van der Waals surface area contributed by atoms with Crippen molar-refractivity contribution in [3.05, 3.63) is 23.0 Å². The highest BCUT2D eigenvalue weighted by molar-refractivity contribution is 6.37. The van der Waals surface area contributed by atoms with Crippen molar-refractivity contribution < 1.29 is 9.59 Å². The third-order valence-electron chi connectivity index (χ3n) is 2.53. The monoisotopic (exact) mass is 220 g/mol. The van der Waals surface area contributed by atoms with Gasteiger partial charge in [-0.1, -0.05) is 0 Å². The summed E-state index contributed by atoms with van der Waals surface area (Å²) < 4.78 is 1.63. The summed E-state index contributed by atoms with van der Waals surface area (Å²) in [5.41, 5.74) is 2.70. The number of hydrogen-bond acceptors (Lipinski definition) is 3. The van der Waals surface area contributed by atoms with E-state index >= 15 is 0 Å². The van der Waals surface area contributed by atoms with Crippen molar-refractivity contribution in [2.75, 3.05) is 0 Å².